The Kier molecular flexibility index (Phi) is 6.41. The van der Waals surface area contributed by atoms with Crippen LogP contribution >= 0.6 is 12.4 Å². The lowest BCUT2D eigenvalue weighted by Crippen LogP contribution is -2.36. The van der Waals surface area contributed by atoms with Crippen LogP contribution in [0.5, 0.6) is 5.75 Å². The largest absolute Gasteiger partial charge is 0.544 e. The second-order valence-corrected chi connectivity index (χ2v) is 9.61. The van der Waals surface area contributed by atoms with E-state index >= 15 is 0 Å². The number of hydrogen-bond acceptors (Lipinski definition) is 3. The van der Waals surface area contributed by atoms with Crippen molar-refractivity contribution in [2.24, 2.45) is 5.73 Å². The van der Waals surface area contributed by atoms with Gasteiger partial charge in [-0.3, -0.25) is 0 Å². The summed E-state index contributed by atoms with van der Waals surface area (Å²) in [6, 6.07) is 4.75. The molecule has 1 aromatic carbocycles. The van der Waals surface area contributed by atoms with Crippen molar-refractivity contribution >= 4 is 20.7 Å². The zero-order valence-corrected chi connectivity index (χ0v) is 13.0. The van der Waals surface area contributed by atoms with Crippen LogP contribution in [0.15, 0.2) is 24.3 Å². The highest BCUT2D eigenvalue weighted by Gasteiger charge is 2.37. The van der Waals surface area contributed by atoms with Crippen molar-refractivity contribution in [3.05, 3.63) is 29.8 Å². The van der Waals surface area contributed by atoms with E-state index in [0.29, 0.717) is 5.75 Å². The minimum Gasteiger partial charge on any atom is -0.544 e. The highest BCUT2D eigenvalue weighted by atomic mass is 35.5. The summed E-state index contributed by atoms with van der Waals surface area (Å²) in [4.78, 5) is 0. The third kappa shape index (κ3) is 5.44. The Hall–Kier alpha value is -0.693. The number of benzene rings is 1. The molecule has 0 saturated carbocycles. The molecule has 0 aliphatic carbocycles. The number of halogens is 3. The van der Waals surface area contributed by atoms with Crippen molar-refractivity contribution in [2.45, 2.75) is 31.6 Å². The van der Waals surface area contributed by atoms with Gasteiger partial charge in [-0.25, -0.2) is 8.78 Å². The molecule has 0 radical (unpaired) electrons. The topological polar surface area (TPSA) is 55.5 Å². The average Bonchev–Trinajstić information content (AvgIpc) is 2.27. The predicted octanol–water partition coefficient (Wildman–Crippen LogP) is 2.95. The summed E-state index contributed by atoms with van der Waals surface area (Å²) in [6.45, 7) is 4.84. The lowest BCUT2D eigenvalue weighted by molar-refractivity contribution is -0.0711. The zero-order chi connectivity index (χ0) is 14.0. The molecule has 7 heteroatoms. The maximum absolute atomic E-state index is 13.2. The summed E-state index contributed by atoms with van der Waals surface area (Å²) in [5.74, 6) is -2.67. The quantitative estimate of drug-likeness (QED) is 0.822. The van der Waals surface area contributed by atoms with E-state index in [1.807, 2.05) is 19.6 Å². The normalized spacial score (nSPS) is 13.6. The lowest BCUT2D eigenvalue weighted by atomic mass is 10.0. The second-order valence-electron chi connectivity index (χ2n) is 5.18. The van der Waals surface area contributed by atoms with Gasteiger partial charge in [0.2, 0.25) is 8.32 Å². The smallest absolute Gasteiger partial charge is 0.289 e. The van der Waals surface area contributed by atoms with E-state index in [-0.39, 0.29) is 18.0 Å². The first-order valence-electron chi connectivity index (χ1n) is 5.69. The van der Waals surface area contributed by atoms with Crippen molar-refractivity contribution in [3.63, 3.8) is 0 Å². The average molecular weight is 312 g/mol. The van der Waals surface area contributed by atoms with Gasteiger partial charge in [0, 0.05) is 0 Å². The minimum atomic E-state index is -3.32. The van der Waals surface area contributed by atoms with Crippen LogP contribution in [0.3, 0.4) is 0 Å². The van der Waals surface area contributed by atoms with Crippen molar-refractivity contribution in [1.29, 1.82) is 0 Å². The van der Waals surface area contributed by atoms with Crippen LogP contribution in [0.25, 0.3) is 0 Å². The molecule has 3 nitrogen and oxygen atoms in total. The predicted molar refractivity (Wildman–Crippen MR) is 76.6 cm³/mol. The van der Waals surface area contributed by atoms with E-state index in [4.69, 9.17) is 15.3 Å². The van der Waals surface area contributed by atoms with Gasteiger partial charge in [-0.05, 0) is 37.3 Å². The third-order valence-electron chi connectivity index (χ3n) is 2.33. The van der Waals surface area contributed by atoms with E-state index < -0.39 is 26.9 Å². The molecular formula is C12H20ClF2NO2Si. The van der Waals surface area contributed by atoms with Crippen molar-refractivity contribution in [2.75, 3.05) is 6.61 Å². The highest BCUT2D eigenvalue weighted by molar-refractivity contribution is 6.70. The Balaban J connectivity index is 0.00000324. The zero-order valence-electron chi connectivity index (χ0n) is 11.2. The van der Waals surface area contributed by atoms with Crippen molar-refractivity contribution < 1.29 is 18.3 Å². The fourth-order valence-electron chi connectivity index (χ4n) is 1.44. The van der Waals surface area contributed by atoms with E-state index in [1.165, 1.54) is 12.1 Å². The first-order valence-corrected chi connectivity index (χ1v) is 9.10. The second kappa shape index (κ2) is 6.65. The van der Waals surface area contributed by atoms with Crippen LogP contribution in [0.1, 0.15) is 11.6 Å². The number of nitrogens with two attached hydrogens (primary N) is 1. The number of aliphatic hydroxyl groups excluding tert-OH is 1. The van der Waals surface area contributed by atoms with Gasteiger partial charge in [-0.1, -0.05) is 12.1 Å². The van der Waals surface area contributed by atoms with Crippen LogP contribution < -0.4 is 10.2 Å². The number of rotatable bonds is 5. The molecule has 0 aliphatic heterocycles. The van der Waals surface area contributed by atoms with Crippen LogP contribution in [0.2, 0.25) is 19.6 Å². The molecule has 0 spiro atoms. The molecular weight excluding hydrogens is 292 g/mol. The number of alkyl halides is 2. The minimum absolute atomic E-state index is 0. The summed E-state index contributed by atoms with van der Waals surface area (Å²) in [6.07, 6.45) is 0. The molecule has 19 heavy (non-hydrogen) atoms. The Labute approximate surface area is 119 Å². The Morgan fingerprint density at radius 3 is 2.11 bits per heavy atom. The maximum Gasteiger partial charge on any atom is 0.289 e. The molecule has 3 N–H and O–H groups in total. The molecule has 1 atom stereocenters. The third-order valence-corrected chi connectivity index (χ3v) is 3.18. The summed E-state index contributed by atoms with van der Waals surface area (Å²) in [5, 5.41) is 8.58. The molecule has 0 saturated heterocycles. The van der Waals surface area contributed by atoms with Gasteiger partial charge >= 0.3 is 0 Å². The first-order chi connectivity index (χ1) is 8.15. The molecule has 0 aliphatic rings. The highest BCUT2D eigenvalue weighted by Crippen LogP contribution is 2.29. The molecule has 0 amide bonds. The lowest BCUT2D eigenvalue weighted by Gasteiger charge is -2.23. The van der Waals surface area contributed by atoms with Crippen LogP contribution in [0.4, 0.5) is 8.78 Å². The van der Waals surface area contributed by atoms with Crippen LogP contribution in [0, 0.1) is 0 Å². The molecule has 1 rings (SSSR count). The van der Waals surface area contributed by atoms with E-state index in [0.717, 1.165) is 0 Å². The molecule has 0 aromatic heterocycles. The van der Waals surface area contributed by atoms with E-state index in [1.54, 1.807) is 12.1 Å². The Morgan fingerprint density at radius 1 is 1.26 bits per heavy atom. The van der Waals surface area contributed by atoms with Gasteiger partial charge in [0.05, 0.1) is 6.04 Å². The Bertz CT molecular complexity index is 396. The summed E-state index contributed by atoms with van der Waals surface area (Å²) in [7, 11) is -1.71. The summed E-state index contributed by atoms with van der Waals surface area (Å²) >= 11 is 0. The van der Waals surface area contributed by atoms with Crippen LogP contribution in [-0.4, -0.2) is 26.0 Å². The van der Waals surface area contributed by atoms with Gasteiger partial charge < -0.3 is 15.3 Å². The fourth-order valence-corrected chi connectivity index (χ4v) is 2.28. The van der Waals surface area contributed by atoms with E-state index in [2.05, 4.69) is 0 Å². The molecule has 0 heterocycles. The fraction of sp³-hybridized carbons (Fsp3) is 0.500. The number of hydrogen-bond donors (Lipinski definition) is 2. The van der Waals surface area contributed by atoms with Gasteiger partial charge in [0.25, 0.3) is 5.92 Å². The SMILES string of the molecule is C[Si](C)(C)Oc1ccc([C@@H](N)C(F)(F)CO)cc1.Cl. The van der Waals surface area contributed by atoms with E-state index in [9.17, 15) is 8.78 Å². The molecule has 0 fully saturated rings. The van der Waals surface area contributed by atoms with Gasteiger partial charge in [-0.15, -0.1) is 12.4 Å². The molecule has 1 aromatic rings. The first kappa shape index (κ1) is 18.3. The standard InChI is InChI=1S/C12H19F2NO2Si.ClH/c1-18(2,3)17-10-6-4-9(5-7-10)11(15)12(13,14)8-16;/h4-7,11,16H,8,15H2,1-3H3;1H/t11-;/m1./s1. The summed E-state index contributed by atoms with van der Waals surface area (Å²) in [5.41, 5.74) is 5.69. The van der Waals surface area contributed by atoms with Gasteiger partial charge in [0.15, 0.2) is 0 Å². The van der Waals surface area contributed by atoms with Crippen molar-refractivity contribution in [1.82, 2.24) is 0 Å². The molecule has 0 bridgehead atoms. The van der Waals surface area contributed by atoms with Gasteiger partial charge in [-0.2, -0.15) is 0 Å². The van der Waals surface area contributed by atoms with Crippen molar-refractivity contribution in [3.8, 4) is 5.75 Å². The molecule has 0 unspecified atom stereocenters. The molecule has 110 valence electrons. The maximum atomic E-state index is 13.2. The monoisotopic (exact) mass is 311 g/mol. The van der Waals surface area contributed by atoms with Gasteiger partial charge in [0.1, 0.15) is 12.4 Å². The van der Waals surface area contributed by atoms with Crippen LogP contribution in [-0.2, 0) is 0 Å². The number of aliphatic hydroxyl groups is 1. The summed E-state index contributed by atoms with van der Waals surface area (Å²) < 4.78 is 32.1. The Morgan fingerprint density at radius 2 is 1.74 bits per heavy atom.